The fourth-order valence-electron chi connectivity index (χ4n) is 2.92. The number of aromatic nitrogens is 1. The smallest absolute Gasteiger partial charge is 0.222 e. The molecule has 5 nitrogen and oxygen atoms in total. The molecule has 0 bridgehead atoms. The highest BCUT2D eigenvalue weighted by Crippen LogP contribution is 2.31. The third kappa shape index (κ3) is 4.94. The zero-order chi connectivity index (χ0) is 17.6. The van der Waals surface area contributed by atoms with E-state index in [1.165, 1.54) is 6.92 Å². The van der Waals surface area contributed by atoms with E-state index in [1.54, 1.807) is 12.3 Å². The SMILES string of the molecule is CC(=O)Nc1cc(-c2cccc(NCC3CCOCC3)c2)c(Cl)cn1. The van der Waals surface area contributed by atoms with Crippen LogP contribution in [0.15, 0.2) is 36.5 Å². The lowest BCUT2D eigenvalue weighted by Crippen LogP contribution is -2.22. The van der Waals surface area contributed by atoms with E-state index >= 15 is 0 Å². The summed E-state index contributed by atoms with van der Waals surface area (Å²) in [5, 5.41) is 6.75. The van der Waals surface area contributed by atoms with Gasteiger partial charge in [0.2, 0.25) is 5.91 Å². The van der Waals surface area contributed by atoms with Gasteiger partial charge in [0, 0.05) is 44.1 Å². The predicted octanol–water partition coefficient (Wildman–Crippen LogP) is 4.20. The van der Waals surface area contributed by atoms with E-state index in [9.17, 15) is 4.79 Å². The summed E-state index contributed by atoms with van der Waals surface area (Å²) < 4.78 is 5.40. The van der Waals surface area contributed by atoms with Crippen LogP contribution < -0.4 is 10.6 Å². The van der Waals surface area contributed by atoms with Crippen molar-refractivity contribution < 1.29 is 9.53 Å². The minimum atomic E-state index is -0.160. The zero-order valence-corrected chi connectivity index (χ0v) is 15.0. The average Bonchev–Trinajstić information content (AvgIpc) is 2.62. The lowest BCUT2D eigenvalue weighted by molar-refractivity contribution is -0.114. The maximum absolute atomic E-state index is 11.2. The van der Waals surface area contributed by atoms with Crippen LogP contribution in [-0.2, 0) is 9.53 Å². The molecule has 2 aromatic rings. The summed E-state index contributed by atoms with van der Waals surface area (Å²) in [6.45, 7) is 4.10. The molecule has 0 saturated carbocycles. The highest BCUT2D eigenvalue weighted by molar-refractivity contribution is 6.33. The molecule has 1 aromatic carbocycles. The Bertz CT molecular complexity index is 745. The molecule has 0 unspecified atom stereocenters. The van der Waals surface area contributed by atoms with Crippen molar-refractivity contribution in [1.82, 2.24) is 4.98 Å². The molecule has 0 aliphatic carbocycles. The number of anilines is 2. The van der Waals surface area contributed by atoms with Crippen LogP contribution in [0.3, 0.4) is 0 Å². The van der Waals surface area contributed by atoms with Gasteiger partial charge in [0.15, 0.2) is 0 Å². The van der Waals surface area contributed by atoms with Crippen molar-refractivity contribution in [2.24, 2.45) is 5.92 Å². The third-order valence-corrected chi connectivity index (χ3v) is 4.57. The van der Waals surface area contributed by atoms with Crippen LogP contribution in [0.25, 0.3) is 11.1 Å². The summed E-state index contributed by atoms with van der Waals surface area (Å²) in [4.78, 5) is 15.4. The quantitative estimate of drug-likeness (QED) is 0.839. The Kier molecular flexibility index (Phi) is 5.89. The minimum Gasteiger partial charge on any atom is -0.385 e. The van der Waals surface area contributed by atoms with Gasteiger partial charge in [-0.05, 0) is 42.5 Å². The summed E-state index contributed by atoms with van der Waals surface area (Å²) >= 11 is 6.31. The second kappa shape index (κ2) is 8.32. The Morgan fingerprint density at radius 3 is 2.88 bits per heavy atom. The Morgan fingerprint density at radius 1 is 1.32 bits per heavy atom. The van der Waals surface area contributed by atoms with Crippen molar-refractivity contribution in [2.45, 2.75) is 19.8 Å². The molecule has 25 heavy (non-hydrogen) atoms. The fourth-order valence-corrected chi connectivity index (χ4v) is 3.13. The molecular weight excluding hydrogens is 338 g/mol. The number of hydrogen-bond donors (Lipinski definition) is 2. The van der Waals surface area contributed by atoms with E-state index in [4.69, 9.17) is 16.3 Å². The fraction of sp³-hybridized carbons (Fsp3) is 0.368. The summed E-state index contributed by atoms with van der Waals surface area (Å²) in [5.74, 6) is 0.980. The third-order valence-electron chi connectivity index (χ3n) is 4.27. The van der Waals surface area contributed by atoms with E-state index in [2.05, 4.69) is 21.7 Å². The lowest BCUT2D eigenvalue weighted by Gasteiger charge is -2.22. The van der Waals surface area contributed by atoms with Crippen LogP contribution in [0.1, 0.15) is 19.8 Å². The number of pyridine rings is 1. The number of hydrogen-bond acceptors (Lipinski definition) is 4. The average molecular weight is 360 g/mol. The van der Waals surface area contributed by atoms with Gasteiger partial charge in [-0.2, -0.15) is 0 Å². The molecule has 2 heterocycles. The van der Waals surface area contributed by atoms with Crippen molar-refractivity contribution in [3.63, 3.8) is 0 Å². The lowest BCUT2D eigenvalue weighted by atomic mass is 10.00. The van der Waals surface area contributed by atoms with Crippen molar-refractivity contribution in [2.75, 3.05) is 30.4 Å². The summed E-state index contributed by atoms with van der Waals surface area (Å²) in [7, 11) is 0. The molecule has 1 amide bonds. The van der Waals surface area contributed by atoms with Crippen LogP contribution in [0.5, 0.6) is 0 Å². The van der Waals surface area contributed by atoms with E-state index in [0.29, 0.717) is 16.8 Å². The van der Waals surface area contributed by atoms with E-state index in [0.717, 1.165) is 49.4 Å². The summed E-state index contributed by atoms with van der Waals surface area (Å²) in [5.41, 5.74) is 2.88. The topological polar surface area (TPSA) is 63.2 Å². The van der Waals surface area contributed by atoms with Crippen LogP contribution >= 0.6 is 11.6 Å². The first-order valence-corrected chi connectivity index (χ1v) is 8.85. The Hall–Kier alpha value is -2.11. The maximum atomic E-state index is 11.2. The minimum absolute atomic E-state index is 0.160. The molecular formula is C19H22ClN3O2. The van der Waals surface area contributed by atoms with Crippen LogP contribution in [0, 0.1) is 5.92 Å². The van der Waals surface area contributed by atoms with Gasteiger partial charge in [-0.1, -0.05) is 23.7 Å². The van der Waals surface area contributed by atoms with Gasteiger partial charge < -0.3 is 15.4 Å². The normalized spacial score (nSPS) is 15.0. The van der Waals surface area contributed by atoms with E-state index in [1.807, 2.05) is 18.2 Å². The zero-order valence-electron chi connectivity index (χ0n) is 14.2. The second-order valence-electron chi connectivity index (χ2n) is 6.25. The van der Waals surface area contributed by atoms with Crippen LogP contribution in [-0.4, -0.2) is 30.6 Å². The standard InChI is InChI=1S/C19H22ClN3O2/c1-13(24)23-19-10-17(18(20)12-22-19)15-3-2-4-16(9-15)21-11-14-5-7-25-8-6-14/h2-4,9-10,12,14,21H,5-8,11H2,1H3,(H,22,23,24). The van der Waals surface area contributed by atoms with Crippen molar-refractivity contribution in [3.8, 4) is 11.1 Å². The molecule has 0 spiro atoms. The molecule has 1 saturated heterocycles. The molecule has 1 fully saturated rings. The van der Waals surface area contributed by atoms with Crippen molar-refractivity contribution >= 4 is 29.0 Å². The molecule has 1 aliphatic heterocycles. The highest BCUT2D eigenvalue weighted by Gasteiger charge is 2.13. The van der Waals surface area contributed by atoms with Crippen molar-refractivity contribution in [3.05, 3.63) is 41.6 Å². The molecule has 132 valence electrons. The first-order chi connectivity index (χ1) is 12.1. The van der Waals surface area contributed by atoms with Gasteiger partial charge in [-0.25, -0.2) is 4.98 Å². The molecule has 3 rings (SSSR count). The number of halogens is 1. The summed E-state index contributed by atoms with van der Waals surface area (Å²) in [6, 6.07) is 9.90. The molecule has 1 aliphatic rings. The number of amides is 1. The number of nitrogens with one attached hydrogen (secondary N) is 2. The van der Waals surface area contributed by atoms with Gasteiger partial charge in [-0.15, -0.1) is 0 Å². The number of carbonyl (C=O) groups excluding carboxylic acids is 1. The first-order valence-electron chi connectivity index (χ1n) is 8.47. The van der Waals surface area contributed by atoms with E-state index in [-0.39, 0.29) is 5.91 Å². The monoisotopic (exact) mass is 359 g/mol. The van der Waals surface area contributed by atoms with Gasteiger partial charge >= 0.3 is 0 Å². The Morgan fingerprint density at radius 2 is 2.12 bits per heavy atom. The molecule has 0 atom stereocenters. The Balaban J connectivity index is 1.75. The Labute approximate surface area is 152 Å². The number of rotatable bonds is 5. The van der Waals surface area contributed by atoms with Gasteiger partial charge in [-0.3, -0.25) is 4.79 Å². The van der Waals surface area contributed by atoms with Crippen LogP contribution in [0.2, 0.25) is 5.02 Å². The molecule has 6 heteroatoms. The van der Waals surface area contributed by atoms with Gasteiger partial charge in [0.1, 0.15) is 5.82 Å². The van der Waals surface area contributed by atoms with E-state index < -0.39 is 0 Å². The molecule has 2 N–H and O–H groups in total. The number of ether oxygens (including phenoxy) is 1. The van der Waals surface area contributed by atoms with Crippen LogP contribution in [0.4, 0.5) is 11.5 Å². The largest absolute Gasteiger partial charge is 0.385 e. The number of carbonyl (C=O) groups is 1. The first kappa shape index (κ1) is 17.7. The number of benzene rings is 1. The molecule has 0 radical (unpaired) electrons. The summed E-state index contributed by atoms with van der Waals surface area (Å²) in [6.07, 6.45) is 3.76. The highest BCUT2D eigenvalue weighted by atomic mass is 35.5. The second-order valence-corrected chi connectivity index (χ2v) is 6.66. The van der Waals surface area contributed by atoms with Crippen molar-refractivity contribution in [1.29, 1.82) is 0 Å². The maximum Gasteiger partial charge on any atom is 0.222 e. The van der Waals surface area contributed by atoms with Gasteiger partial charge in [0.25, 0.3) is 0 Å². The number of nitrogens with zero attached hydrogens (tertiary/aromatic N) is 1. The molecule has 1 aromatic heterocycles. The van der Waals surface area contributed by atoms with Gasteiger partial charge in [0.05, 0.1) is 5.02 Å². The predicted molar refractivity (Wildman–Crippen MR) is 101 cm³/mol.